The summed E-state index contributed by atoms with van der Waals surface area (Å²) < 4.78 is 13.4. The zero-order chi connectivity index (χ0) is 13.9. The minimum absolute atomic E-state index is 0.291. The van der Waals surface area contributed by atoms with Crippen LogP contribution in [0, 0.1) is 5.82 Å². The second kappa shape index (κ2) is 5.24. The van der Waals surface area contributed by atoms with Crippen LogP contribution >= 0.6 is 0 Å². The second-order valence-electron chi connectivity index (χ2n) is 4.47. The molecule has 2 aromatic heterocycles. The van der Waals surface area contributed by atoms with Gasteiger partial charge in [-0.2, -0.15) is 10.1 Å². The smallest absolute Gasteiger partial charge is 0.225 e. The largest absolute Gasteiger partial charge is 0.354 e. The van der Waals surface area contributed by atoms with Gasteiger partial charge in [0.2, 0.25) is 5.95 Å². The summed E-state index contributed by atoms with van der Waals surface area (Å²) in [4.78, 5) is 8.82. The van der Waals surface area contributed by atoms with Gasteiger partial charge in [0.25, 0.3) is 0 Å². The molecule has 5 nitrogen and oxygen atoms in total. The number of halogens is 1. The summed E-state index contributed by atoms with van der Waals surface area (Å²) in [5.74, 6) is 0.226. The Balaban J connectivity index is 2.14. The van der Waals surface area contributed by atoms with E-state index >= 15 is 0 Å². The Bertz CT molecular complexity index is 737. The number of nitrogens with one attached hydrogen (secondary N) is 2. The van der Waals surface area contributed by atoms with Gasteiger partial charge in [0.05, 0.1) is 17.3 Å². The zero-order valence-electron chi connectivity index (χ0n) is 11.0. The first-order valence-corrected chi connectivity index (χ1v) is 6.49. The van der Waals surface area contributed by atoms with Gasteiger partial charge in [-0.3, -0.25) is 5.10 Å². The third kappa shape index (κ3) is 2.32. The molecule has 0 atom stereocenters. The Morgan fingerprint density at radius 3 is 3.00 bits per heavy atom. The molecule has 0 aliphatic rings. The molecule has 0 amide bonds. The fraction of sp³-hybridized carbons (Fsp3) is 0.214. The first-order valence-electron chi connectivity index (χ1n) is 6.49. The van der Waals surface area contributed by atoms with Crippen LogP contribution in [0.2, 0.25) is 0 Å². The van der Waals surface area contributed by atoms with Crippen LogP contribution < -0.4 is 5.32 Å². The Morgan fingerprint density at radius 1 is 1.30 bits per heavy atom. The summed E-state index contributed by atoms with van der Waals surface area (Å²) in [6.07, 6.45) is 2.62. The van der Waals surface area contributed by atoms with E-state index in [0.29, 0.717) is 22.9 Å². The van der Waals surface area contributed by atoms with Crippen molar-refractivity contribution in [2.75, 3.05) is 11.9 Å². The Morgan fingerprint density at radius 2 is 2.20 bits per heavy atom. The number of hydrogen-bond acceptors (Lipinski definition) is 4. The van der Waals surface area contributed by atoms with Crippen molar-refractivity contribution < 1.29 is 4.39 Å². The van der Waals surface area contributed by atoms with Crippen LogP contribution in [0.3, 0.4) is 0 Å². The van der Waals surface area contributed by atoms with Crippen molar-refractivity contribution in [1.29, 1.82) is 0 Å². The average molecular weight is 271 g/mol. The molecule has 0 unspecified atom stereocenters. The van der Waals surface area contributed by atoms with E-state index in [-0.39, 0.29) is 5.82 Å². The topological polar surface area (TPSA) is 66.5 Å². The highest BCUT2D eigenvalue weighted by atomic mass is 19.1. The molecule has 0 fully saturated rings. The number of aromatic amines is 1. The minimum Gasteiger partial charge on any atom is -0.354 e. The lowest BCUT2D eigenvalue weighted by molar-refractivity contribution is 0.628. The van der Waals surface area contributed by atoms with Crippen LogP contribution in [0.25, 0.3) is 22.3 Å². The lowest BCUT2D eigenvalue weighted by atomic mass is 10.1. The van der Waals surface area contributed by atoms with E-state index in [0.717, 1.165) is 18.4 Å². The number of aromatic nitrogens is 4. The van der Waals surface area contributed by atoms with Crippen molar-refractivity contribution in [3.8, 4) is 11.3 Å². The summed E-state index contributed by atoms with van der Waals surface area (Å²) in [7, 11) is 0. The maximum absolute atomic E-state index is 13.4. The SMILES string of the molecule is CCCNc1nc(-c2cccc(F)c2)c2cn[nH]c2n1. The fourth-order valence-corrected chi connectivity index (χ4v) is 2.01. The molecule has 0 bridgehead atoms. The molecule has 3 rings (SSSR count). The van der Waals surface area contributed by atoms with Gasteiger partial charge in [-0.1, -0.05) is 19.1 Å². The molecule has 0 spiro atoms. The Hall–Kier alpha value is -2.50. The standard InChI is InChI=1S/C14H14FN5/c1-2-6-16-14-18-12(9-4-3-5-10(15)7-9)11-8-17-20-13(11)19-14/h3-5,7-8H,2,6H2,1H3,(H2,16,17,18,19,20). The van der Waals surface area contributed by atoms with E-state index < -0.39 is 0 Å². The van der Waals surface area contributed by atoms with Crippen molar-refractivity contribution in [3.63, 3.8) is 0 Å². The van der Waals surface area contributed by atoms with Gasteiger partial charge < -0.3 is 5.32 Å². The monoisotopic (exact) mass is 271 g/mol. The number of fused-ring (bicyclic) bond motifs is 1. The first kappa shape index (κ1) is 12.5. The van der Waals surface area contributed by atoms with E-state index in [1.54, 1.807) is 12.3 Å². The third-order valence-electron chi connectivity index (χ3n) is 2.94. The maximum atomic E-state index is 13.4. The van der Waals surface area contributed by atoms with Crippen LogP contribution in [0.5, 0.6) is 0 Å². The molecule has 102 valence electrons. The highest BCUT2D eigenvalue weighted by Gasteiger charge is 2.11. The van der Waals surface area contributed by atoms with Gasteiger partial charge in [0, 0.05) is 12.1 Å². The number of hydrogen-bond donors (Lipinski definition) is 2. The highest BCUT2D eigenvalue weighted by molar-refractivity contribution is 5.90. The summed E-state index contributed by atoms with van der Waals surface area (Å²) in [5, 5.41) is 10.7. The molecule has 1 aromatic carbocycles. The molecule has 2 N–H and O–H groups in total. The van der Waals surface area contributed by atoms with Gasteiger partial charge in [0.1, 0.15) is 5.82 Å². The van der Waals surface area contributed by atoms with E-state index in [2.05, 4.69) is 32.4 Å². The Kier molecular flexibility index (Phi) is 3.28. The first-order chi connectivity index (χ1) is 9.78. The molecule has 6 heteroatoms. The molecule has 20 heavy (non-hydrogen) atoms. The van der Waals surface area contributed by atoms with Crippen molar-refractivity contribution in [2.24, 2.45) is 0 Å². The van der Waals surface area contributed by atoms with Crippen molar-refractivity contribution in [3.05, 3.63) is 36.3 Å². The average Bonchev–Trinajstić information content (AvgIpc) is 2.92. The van der Waals surface area contributed by atoms with E-state index in [4.69, 9.17) is 0 Å². The van der Waals surface area contributed by atoms with Crippen molar-refractivity contribution >= 4 is 17.0 Å². The molecule has 0 aliphatic carbocycles. The normalized spacial score (nSPS) is 10.9. The second-order valence-corrected chi connectivity index (χ2v) is 4.47. The van der Waals surface area contributed by atoms with Gasteiger partial charge >= 0.3 is 0 Å². The molecule has 0 radical (unpaired) electrons. The zero-order valence-corrected chi connectivity index (χ0v) is 11.0. The molecular weight excluding hydrogens is 257 g/mol. The number of benzene rings is 1. The lowest BCUT2D eigenvalue weighted by Gasteiger charge is -2.07. The van der Waals surface area contributed by atoms with Crippen LogP contribution in [0.4, 0.5) is 10.3 Å². The van der Waals surface area contributed by atoms with Crippen molar-refractivity contribution in [1.82, 2.24) is 20.2 Å². The molecular formula is C14H14FN5. The molecule has 0 saturated carbocycles. The van der Waals surface area contributed by atoms with Gasteiger partial charge in [-0.25, -0.2) is 9.37 Å². The number of nitrogens with zero attached hydrogens (tertiary/aromatic N) is 3. The van der Waals surface area contributed by atoms with Gasteiger partial charge in [-0.15, -0.1) is 0 Å². The van der Waals surface area contributed by atoms with Crippen LogP contribution in [0.15, 0.2) is 30.5 Å². The number of rotatable bonds is 4. The summed E-state index contributed by atoms with van der Waals surface area (Å²) in [6.45, 7) is 2.84. The van der Waals surface area contributed by atoms with Crippen LogP contribution in [-0.2, 0) is 0 Å². The fourth-order valence-electron chi connectivity index (χ4n) is 2.01. The molecule has 0 saturated heterocycles. The van der Waals surface area contributed by atoms with E-state index in [1.807, 2.05) is 6.07 Å². The summed E-state index contributed by atoms with van der Waals surface area (Å²) in [5.41, 5.74) is 2.01. The number of H-pyrrole nitrogens is 1. The van der Waals surface area contributed by atoms with Gasteiger partial charge in [-0.05, 0) is 18.6 Å². The molecule has 2 heterocycles. The minimum atomic E-state index is -0.291. The number of anilines is 1. The highest BCUT2D eigenvalue weighted by Crippen LogP contribution is 2.26. The lowest BCUT2D eigenvalue weighted by Crippen LogP contribution is -2.05. The third-order valence-corrected chi connectivity index (χ3v) is 2.94. The molecule has 0 aliphatic heterocycles. The Labute approximate surface area is 115 Å². The quantitative estimate of drug-likeness (QED) is 0.765. The van der Waals surface area contributed by atoms with Gasteiger partial charge in [0.15, 0.2) is 5.65 Å². The maximum Gasteiger partial charge on any atom is 0.225 e. The van der Waals surface area contributed by atoms with Crippen molar-refractivity contribution in [2.45, 2.75) is 13.3 Å². The summed E-state index contributed by atoms with van der Waals surface area (Å²) >= 11 is 0. The van der Waals surface area contributed by atoms with Crippen LogP contribution in [-0.4, -0.2) is 26.7 Å². The molecule has 3 aromatic rings. The van der Waals surface area contributed by atoms with E-state index in [1.165, 1.54) is 12.1 Å². The predicted molar refractivity (Wildman–Crippen MR) is 75.9 cm³/mol. The van der Waals surface area contributed by atoms with Crippen LogP contribution in [0.1, 0.15) is 13.3 Å². The van der Waals surface area contributed by atoms with E-state index in [9.17, 15) is 4.39 Å². The predicted octanol–water partition coefficient (Wildman–Crippen LogP) is 2.98. The summed E-state index contributed by atoms with van der Waals surface area (Å²) in [6, 6.07) is 6.35.